The molecule has 10 nitrogen and oxygen atoms in total. The van der Waals surface area contributed by atoms with E-state index in [-0.39, 0.29) is 34.6 Å². The lowest BCUT2D eigenvalue weighted by Gasteiger charge is -2.06. The minimum absolute atomic E-state index is 0.127. The van der Waals surface area contributed by atoms with Crippen LogP contribution in [0.3, 0.4) is 0 Å². The summed E-state index contributed by atoms with van der Waals surface area (Å²) in [7, 11) is 0. The van der Waals surface area contributed by atoms with Crippen molar-refractivity contribution in [3.05, 3.63) is 40.2 Å². The van der Waals surface area contributed by atoms with Gasteiger partial charge in [0, 0.05) is 5.69 Å². The Balaban J connectivity index is 1.74. The molecule has 0 aliphatic heterocycles. The van der Waals surface area contributed by atoms with Gasteiger partial charge in [-0.2, -0.15) is 0 Å². The smallest absolute Gasteiger partial charge is 0.414 e. The number of carbonyl (C=O) groups is 4. The van der Waals surface area contributed by atoms with Crippen molar-refractivity contribution in [2.24, 2.45) is 5.73 Å². The maximum Gasteiger partial charge on any atom is 0.414 e. The van der Waals surface area contributed by atoms with Gasteiger partial charge in [-0.25, -0.2) is 9.78 Å². The van der Waals surface area contributed by atoms with Gasteiger partial charge in [-0.3, -0.25) is 19.7 Å². The van der Waals surface area contributed by atoms with Gasteiger partial charge >= 0.3 is 6.09 Å². The van der Waals surface area contributed by atoms with Crippen molar-refractivity contribution < 1.29 is 23.9 Å². The van der Waals surface area contributed by atoms with Gasteiger partial charge in [0.05, 0.1) is 28.9 Å². The lowest BCUT2D eigenvalue weighted by molar-refractivity contribution is -0.114. The Bertz CT molecular complexity index is 1120. The minimum Gasteiger partial charge on any atom is -0.450 e. The summed E-state index contributed by atoms with van der Waals surface area (Å²) in [4.78, 5) is 52.0. The molecule has 0 spiro atoms. The van der Waals surface area contributed by atoms with Crippen molar-refractivity contribution in [2.45, 2.75) is 6.92 Å². The maximum absolute atomic E-state index is 12.6. The summed E-state index contributed by atoms with van der Waals surface area (Å²) < 4.78 is 5.37. The van der Waals surface area contributed by atoms with Gasteiger partial charge in [-0.05, 0) is 36.6 Å². The van der Waals surface area contributed by atoms with Crippen LogP contribution >= 0.6 is 22.7 Å². The molecule has 0 fully saturated rings. The molecule has 0 bridgehead atoms. The average molecular weight is 447 g/mol. The fourth-order valence-corrected chi connectivity index (χ4v) is 4.06. The molecule has 1 aromatic carbocycles. The molecule has 0 aliphatic carbocycles. The van der Waals surface area contributed by atoms with Crippen molar-refractivity contribution >= 4 is 67.4 Å². The topological polar surface area (TPSA) is 153 Å². The molecule has 0 radical (unpaired) electrons. The Labute approximate surface area is 178 Å². The number of ether oxygens (including phenoxy) is 1. The largest absolute Gasteiger partial charge is 0.450 e. The molecule has 0 saturated carbocycles. The standard InChI is InChI=1S/C18H17N5O5S2/c1-2-28-18(27)23-14(25)10-5-6-29-16(10)22-15(26)17-21-11-4-3-9(7-12(11)30-17)20-13(24)8-19/h3-7H,2,8,19H2,1H3,(H,20,24)(H,22,26)(H,23,25,27). The number of hydrogen-bond donors (Lipinski definition) is 4. The first-order valence-electron chi connectivity index (χ1n) is 8.68. The Hall–Kier alpha value is -3.35. The summed E-state index contributed by atoms with van der Waals surface area (Å²) >= 11 is 2.26. The number of carbonyl (C=O) groups excluding carboxylic acids is 4. The molecule has 5 N–H and O–H groups in total. The Kier molecular flexibility index (Phi) is 6.72. The molecule has 0 saturated heterocycles. The van der Waals surface area contributed by atoms with Crippen LogP contribution in [-0.2, 0) is 9.53 Å². The van der Waals surface area contributed by atoms with Crippen LogP contribution < -0.4 is 21.7 Å². The number of fused-ring (bicyclic) bond motifs is 1. The fraction of sp³-hybridized carbons (Fsp3) is 0.167. The van der Waals surface area contributed by atoms with Crippen molar-refractivity contribution in [1.29, 1.82) is 0 Å². The third-order valence-electron chi connectivity index (χ3n) is 3.68. The molecule has 2 aromatic heterocycles. The van der Waals surface area contributed by atoms with Crippen LogP contribution in [0.4, 0.5) is 15.5 Å². The van der Waals surface area contributed by atoms with E-state index in [1.54, 1.807) is 30.5 Å². The van der Waals surface area contributed by atoms with Crippen molar-refractivity contribution in [3.8, 4) is 0 Å². The zero-order valence-corrected chi connectivity index (χ0v) is 17.3. The second kappa shape index (κ2) is 9.43. The van der Waals surface area contributed by atoms with Crippen molar-refractivity contribution in [2.75, 3.05) is 23.8 Å². The number of aromatic nitrogens is 1. The number of benzene rings is 1. The predicted molar refractivity (Wildman–Crippen MR) is 114 cm³/mol. The lowest BCUT2D eigenvalue weighted by atomic mass is 10.3. The van der Waals surface area contributed by atoms with E-state index in [0.29, 0.717) is 15.9 Å². The molecular weight excluding hydrogens is 430 g/mol. The van der Waals surface area contributed by atoms with Gasteiger partial charge in [0.15, 0.2) is 5.01 Å². The minimum atomic E-state index is -0.866. The number of alkyl carbamates (subject to hydrolysis) is 1. The Morgan fingerprint density at radius 2 is 1.93 bits per heavy atom. The molecular formula is C18H17N5O5S2. The number of imide groups is 1. The normalized spacial score (nSPS) is 10.5. The number of amides is 4. The number of nitrogens with zero attached hydrogens (tertiary/aromatic N) is 1. The molecule has 12 heteroatoms. The molecule has 2 heterocycles. The third-order valence-corrected chi connectivity index (χ3v) is 5.53. The van der Waals surface area contributed by atoms with Gasteiger partial charge in [-0.1, -0.05) is 0 Å². The van der Waals surface area contributed by atoms with Gasteiger partial charge in [-0.15, -0.1) is 22.7 Å². The summed E-state index contributed by atoms with van der Waals surface area (Å²) in [5, 5.41) is 9.42. The van der Waals surface area contributed by atoms with Crippen LogP contribution in [-0.4, -0.2) is 42.0 Å². The van der Waals surface area contributed by atoms with Crippen LogP contribution in [0.25, 0.3) is 10.2 Å². The van der Waals surface area contributed by atoms with E-state index in [2.05, 4.69) is 25.7 Å². The number of hydrogen-bond acceptors (Lipinski definition) is 9. The van der Waals surface area contributed by atoms with Gasteiger partial charge in [0.2, 0.25) is 5.91 Å². The summed E-state index contributed by atoms with van der Waals surface area (Å²) in [5.41, 5.74) is 6.55. The summed E-state index contributed by atoms with van der Waals surface area (Å²) in [6.45, 7) is 1.61. The lowest BCUT2D eigenvalue weighted by Crippen LogP contribution is -2.31. The number of thiophene rings is 1. The van der Waals surface area contributed by atoms with Crippen LogP contribution in [0.15, 0.2) is 29.6 Å². The number of nitrogens with two attached hydrogens (primary N) is 1. The van der Waals surface area contributed by atoms with E-state index in [1.807, 2.05) is 0 Å². The Morgan fingerprint density at radius 1 is 1.13 bits per heavy atom. The monoisotopic (exact) mass is 447 g/mol. The number of nitrogens with one attached hydrogen (secondary N) is 3. The second-order valence-corrected chi connectivity index (χ2v) is 7.69. The quantitative estimate of drug-likeness (QED) is 0.452. The SMILES string of the molecule is CCOC(=O)NC(=O)c1ccsc1NC(=O)c1nc2ccc(NC(=O)CN)cc2s1. The number of anilines is 2. The molecule has 30 heavy (non-hydrogen) atoms. The molecule has 3 rings (SSSR count). The van der Waals surface area contributed by atoms with Crippen LogP contribution in [0, 0.1) is 0 Å². The molecule has 156 valence electrons. The van der Waals surface area contributed by atoms with E-state index in [1.165, 1.54) is 6.07 Å². The highest BCUT2D eigenvalue weighted by molar-refractivity contribution is 7.20. The first kappa shape index (κ1) is 21.4. The first-order valence-corrected chi connectivity index (χ1v) is 10.4. The summed E-state index contributed by atoms with van der Waals surface area (Å²) in [6.07, 6.45) is -0.866. The van der Waals surface area contributed by atoms with Gasteiger partial charge in [0.1, 0.15) is 5.00 Å². The average Bonchev–Trinajstić information content (AvgIpc) is 3.34. The number of rotatable bonds is 6. The molecule has 0 aliphatic rings. The number of thiazole rings is 1. The molecule has 3 aromatic rings. The maximum atomic E-state index is 12.6. The zero-order valence-electron chi connectivity index (χ0n) is 15.7. The molecule has 0 atom stereocenters. The van der Waals surface area contributed by atoms with Gasteiger partial charge in [0.25, 0.3) is 11.8 Å². The molecule has 0 unspecified atom stereocenters. The van der Waals surface area contributed by atoms with Crippen LogP contribution in [0.5, 0.6) is 0 Å². The van der Waals surface area contributed by atoms with E-state index in [4.69, 9.17) is 5.73 Å². The van der Waals surface area contributed by atoms with Crippen molar-refractivity contribution in [1.82, 2.24) is 10.3 Å². The van der Waals surface area contributed by atoms with E-state index in [0.717, 1.165) is 22.7 Å². The zero-order chi connectivity index (χ0) is 21.7. The van der Waals surface area contributed by atoms with Crippen LogP contribution in [0.1, 0.15) is 27.1 Å². The first-order chi connectivity index (χ1) is 14.4. The summed E-state index contributed by atoms with van der Waals surface area (Å²) in [6, 6.07) is 6.52. The van der Waals surface area contributed by atoms with Crippen molar-refractivity contribution in [3.63, 3.8) is 0 Å². The highest BCUT2D eigenvalue weighted by Crippen LogP contribution is 2.28. The van der Waals surface area contributed by atoms with Gasteiger partial charge < -0.3 is 21.1 Å². The fourth-order valence-electron chi connectivity index (χ4n) is 2.38. The second-order valence-electron chi connectivity index (χ2n) is 5.75. The predicted octanol–water partition coefficient (Wildman–Crippen LogP) is 2.39. The van der Waals surface area contributed by atoms with E-state index >= 15 is 0 Å². The summed E-state index contributed by atoms with van der Waals surface area (Å²) in [5.74, 6) is -1.52. The van der Waals surface area contributed by atoms with Crippen LogP contribution in [0.2, 0.25) is 0 Å². The van der Waals surface area contributed by atoms with E-state index < -0.39 is 17.9 Å². The van der Waals surface area contributed by atoms with E-state index in [9.17, 15) is 19.2 Å². The third kappa shape index (κ3) is 4.97. The molecule has 4 amide bonds. The highest BCUT2D eigenvalue weighted by Gasteiger charge is 2.20. The highest BCUT2D eigenvalue weighted by atomic mass is 32.1. The Morgan fingerprint density at radius 3 is 2.67 bits per heavy atom.